The van der Waals surface area contributed by atoms with Gasteiger partial charge in [0.25, 0.3) is 0 Å². The summed E-state index contributed by atoms with van der Waals surface area (Å²) in [6.45, 7) is 0. The summed E-state index contributed by atoms with van der Waals surface area (Å²) >= 11 is 1.69. The molecule has 0 unspecified atom stereocenters. The minimum atomic E-state index is -0.222. The molecule has 0 spiro atoms. The summed E-state index contributed by atoms with van der Waals surface area (Å²) < 4.78 is 5.39. The van der Waals surface area contributed by atoms with Crippen molar-refractivity contribution in [3.63, 3.8) is 0 Å². The Morgan fingerprint density at radius 2 is 1.89 bits per heavy atom. The van der Waals surface area contributed by atoms with Crippen LogP contribution in [0.1, 0.15) is 33.6 Å². The van der Waals surface area contributed by atoms with Crippen molar-refractivity contribution < 1.29 is 9.53 Å². The standard InChI is InChI=1S/C15H14O2S/c16-15(17-11-6-2-1-3-7-11)13-10-18-14-9-5-4-8-12(13)14/h1-3,6-7,10H,4-5,8-9H2. The molecule has 0 saturated heterocycles. The fraction of sp³-hybridized carbons (Fsp3) is 0.267. The first-order valence-electron chi connectivity index (χ1n) is 6.21. The fourth-order valence-corrected chi connectivity index (χ4v) is 3.43. The van der Waals surface area contributed by atoms with Gasteiger partial charge in [0.1, 0.15) is 5.75 Å². The van der Waals surface area contributed by atoms with Crippen LogP contribution in [0.25, 0.3) is 0 Å². The summed E-state index contributed by atoms with van der Waals surface area (Å²) in [6.07, 6.45) is 4.53. The zero-order valence-corrected chi connectivity index (χ0v) is 10.8. The number of thiophene rings is 1. The number of carbonyl (C=O) groups excluding carboxylic acids is 1. The average Bonchev–Trinajstić information content (AvgIpc) is 2.84. The lowest BCUT2D eigenvalue weighted by molar-refractivity contribution is 0.0734. The molecule has 0 N–H and O–H groups in total. The summed E-state index contributed by atoms with van der Waals surface area (Å²) in [6, 6.07) is 9.24. The number of esters is 1. The summed E-state index contributed by atoms with van der Waals surface area (Å²) in [4.78, 5) is 13.5. The van der Waals surface area contributed by atoms with Crippen molar-refractivity contribution in [3.8, 4) is 5.75 Å². The Morgan fingerprint density at radius 1 is 1.11 bits per heavy atom. The van der Waals surface area contributed by atoms with Crippen LogP contribution in [0.2, 0.25) is 0 Å². The van der Waals surface area contributed by atoms with Crippen molar-refractivity contribution in [2.24, 2.45) is 0 Å². The van der Waals surface area contributed by atoms with Crippen LogP contribution in [0.3, 0.4) is 0 Å². The van der Waals surface area contributed by atoms with E-state index in [-0.39, 0.29) is 5.97 Å². The van der Waals surface area contributed by atoms with Gasteiger partial charge in [0.05, 0.1) is 5.56 Å². The number of hydrogen-bond donors (Lipinski definition) is 0. The molecule has 2 aromatic rings. The second-order valence-electron chi connectivity index (χ2n) is 4.46. The predicted molar refractivity (Wildman–Crippen MR) is 72.4 cm³/mol. The van der Waals surface area contributed by atoms with Gasteiger partial charge >= 0.3 is 5.97 Å². The first-order valence-corrected chi connectivity index (χ1v) is 7.09. The van der Waals surface area contributed by atoms with Crippen LogP contribution >= 0.6 is 11.3 Å². The van der Waals surface area contributed by atoms with Crippen molar-refractivity contribution >= 4 is 17.3 Å². The molecule has 0 amide bonds. The molecular formula is C15H14O2S. The quantitative estimate of drug-likeness (QED) is 0.604. The van der Waals surface area contributed by atoms with E-state index in [0.717, 1.165) is 18.4 Å². The lowest BCUT2D eigenvalue weighted by atomic mass is 9.96. The molecule has 92 valence electrons. The normalized spacial score (nSPS) is 14.0. The number of fused-ring (bicyclic) bond motifs is 1. The molecule has 1 aromatic carbocycles. The minimum Gasteiger partial charge on any atom is -0.423 e. The molecule has 1 aliphatic rings. The Morgan fingerprint density at radius 3 is 2.72 bits per heavy atom. The maximum atomic E-state index is 12.1. The molecule has 18 heavy (non-hydrogen) atoms. The number of hydrogen-bond acceptors (Lipinski definition) is 3. The number of carbonyl (C=O) groups is 1. The lowest BCUT2D eigenvalue weighted by Crippen LogP contribution is -2.11. The van der Waals surface area contributed by atoms with E-state index in [2.05, 4.69) is 0 Å². The third-order valence-corrected chi connectivity index (χ3v) is 4.32. The Balaban J connectivity index is 1.83. The van der Waals surface area contributed by atoms with E-state index in [1.807, 2.05) is 23.6 Å². The maximum absolute atomic E-state index is 12.1. The fourth-order valence-electron chi connectivity index (χ4n) is 2.32. The molecule has 1 aromatic heterocycles. The van der Waals surface area contributed by atoms with Gasteiger partial charge in [-0.1, -0.05) is 18.2 Å². The molecule has 2 nitrogen and oxygen atoms in total. The van der Waals surface area contributed by atoms with Gasteiger partial charge in [0, 0.05) is 10.3 Å². The number of ether oxygens (including phenoxy) is 1. The van der Waals surface area contributed by atoms with Crippen LogP contribution in [0.5, 0.6) is 5.75 Å². The molecule has 1 aliphatic carbocycles. The summed E-state index contributed by atoms with van der Waals surface area (Å²) in [5.74, 6) is 0.388. The molecule has 0 bridgehead atoms. The molecule has 3 heteroatoms. The van der Waals surface area contributed by atoms with Crippen molar-refractivity contribution in [2.75, 3.05) is 0 Å². The number of rotatable bonds is 2. The highest BCUT2D eigenvalue weighted by Gasteiger charge is 2.21. The molecule has 0 radical (unpaired) electrons. The van der Waals surface area contributed by atoms with Crippen LogP contribution in [-0.4, -0.2) is 5.97 Å². The van der Waals surface area contributed by atoms with E-state index >= 15 is 0 Å². The second kappa shape index (κ2) is 4.94. The third-order valence-electron chi connectivity index (χ3n) is 3.24. The largest absolute Gasteiger partial charge is 0.423 e. The Bertz CT molecular complexity index is 557. The highest BCUT2D eigenvalue weighted by molar-refractivity contribution is 7.10. The highest BCUT2D eigenvalue weighted by atomic mass is 32.1. The zero-order chi connectivity index (χ0) is 12.4. The van der Waals surface area contributed by atoms with Gasteiger partial charge in [0.15, 0.2) is 0 Å². The molecule has 0 saturated carbocycles. The van der Waals surface area contributed by atoms with Crippen molar-refractivity contribution in [3.05, 3.63) is 51.7 Å². The van der Waals surface area contributed by atoms with E-state index < -0.39 is 0 Å². The van der Waals surface area contributed by atoms with Gasteiger partial charge in [-0.25, -0.2) is 4.79 Å². The van der Waals surface area contributed by atoms with Crippen LogP contribution in [0, 0.1) is 0 Å². The first kappa shape index (κ1) is 11.5. The Labute approximate surface area is 110 Å². The highest BCUT2D eigenvalue weighted by Crippen LogP contribution is 2.30. The van der Waals surface area contributed by atoms with E-state index in [4.69, 9.17) is 4.74 Å². The summed E-state index contributed by atoms with van der Waals surface area (Å²) in [5.41, 5.74) is 1.98. The van der Waals surface area contributed by atoms with E-state index in [9.17, 15) is 4.79 Å². The Kier molecular flexibility index (Phi) is 3.15. The molecule has 0 fully saturated rings. The van der Waals surface area contributed by atoms with Crippen LogP contribution in [0.15, 0.2) is 35.7 Å². The molecule has 1 heterocycles. The molecule has 0 atom stereocenters. The predicted octanol–water partition coefficient (Wildman–Crippen LogP) is 3.85. The first-order chi connectivity index (χ1) is 8.84. The van der Waals surface area contributed by atoms with Gasteiger partial charge in [-0.3, -0.25) is 0 Å². The molecular weight excluding hydrogens is 244 g/mol. The Hall–Kier alpha value is -1.61. The number of para-hydroxylation sites is 1. The topological polar surface area (TPSA) is 26.3 Å². The number of benzene rings is 1. The lowest BCUT2D eigenvalue weighted by Gasteiger charge is -2.12. The van der Waals surface area contributed by atoms with E-state index in [1.54, 1.807) is 23.5 Å². The average molecular weight is 258 g/mol. The molecule has 0 aliphatic heterocycles. The van der Waals surface area contributed by atoms with Crippen LogP contribution in [-0.2, 0) is 12.8 Å². The van der Waals surface area contributed by atoms with Crippen molar-refractivity contribution in [1.29, 1.82) is 0 Å². The van der Waals surface area contributed by atoms with Gasteiger partial charge in [0.2, 0.25) is 0 Å². The van der Waals surface area contributed by atoms with Gasteiger partial charge in [-0.05, 0) is 43.4 Å². The van der Waals surface area contributed by atoms with Crippen LogP contribution in [0.4, 0.5) is 0 Å². The van der Waals surface area contributed by atoms with Gasteiger partial charge in [-0.2, -0.15) is 0 Å². The smallest absolute Gasteiger partial charge is 0.344 e. The van der Waals surface area contributed by atoms with Crippen molar-refractivity contribution in [2.45, 2.75) is 25.7 Å². The second-order valence-corrected chi connectivity index (χ2v) is 5.42. The van der Waals surface area contributed by atoms with Crippen molar-refractivity contribution in [1.82, 2.24) is 0 Å². The van der Waals surface area contributed by atoms with Gasteiger partial charge < -0.3 is 4.74 Å². The van der Waals surface area contributed by atoms with E-state index in [1.165, 1.54) is 23.3 Å². The summed E-state index contributed by atoms with van der Waals surface area (Å²) in [7, 11) is 0. The third kappa shape index (κ3) is 2.18. The van der Waals surface area contributed by atoms with E-state index in [0.29, 0.717) is 5.75 Å². The number of aryl methyl sites for hydroxylation is 1. The van der Waals surface area contributed by atoms with Crippen LogP contribution < -0.4 is 4.74 Å². The monoisotopic (exact) mass is 258 g/mol. The van der Waals surface area contributed by atoms with Gasteiger partial charge in [-0.15, -0.1) is 11.3 Å². The zero-order valence-electron chi connectivity index (χ0n) is 10.0. The minimum absolute atomic E-state index is 0.222. The molecule has 3 rings (SSSR count). The maximum Gasteiger partial charge on any atom is 0.344 e. The SMILES string of the molecule is O=C(Oc1ccccc1)c1csc2c1CCCC2. The summed E-state index contributed by atoms with van der Waals surface area (Å²) in [5, 5.41) is 1.95.